The molecule has 170 valence electrons. The quantitative estimate of drug-likeness (QED) is 0.534. The first kappa shape index (κ1) is 22.9. The highest BCUT2D eigenvalue weighted by Crippen LogP contribution is 2.41. The van der Waals surface area contributed by atoms with Gasteiger partial charge in [-0.05, 0) is 53.9 Å². The summed E-state index contributed by atoms with van der Waals surface area (Å²) in [5.41, 5.74) is 2.00. The number of fused-ring (bicyclic) bond motifs is 3. The van der Waals surface area contributed by atoms with Crippen LogP contribution in [0.25, 0.3) is 10.2 Å². The van der Waals surface area contributed by atoms with E-state index in [1.165, 1.54) is 17.0 Å². The fourth-order valence-electron chi connectivity index (χ4n) is 4.26. The van der Waals surface area contributed by atoms with Gasteiger partial charge in [-0.25, -0.2) is 9.37 Å². The summed E-state index contributed by atoms with van der Waals surface area (Å²) in [7, 11) is 0. The van der Waals surface area contributed by atoms with Crippen LogP contribution in [0.2, 0.25) is 5.02 Å². The smallest absolute Gasteiger partial charge is 0.259 e. The standard InChI is InChI=1S/C24H27ClFN3O2S/c1-24(2,3)14-5-6-15-18(11-14)32-23-21(15)22(31)28-19(29-23)8-9-20(30)27-12-13-4-7-17(26)16(25)10-13/h4,7,10,14H,5-6,8-9,11-12H2,1-3H3,(H,27,30)(H,28,29,31)/t14-/m1/s1. The second kappa shape index (κ2) is 8.94. The first-order valence-electron chi connectivity index (χ1n) is 10.9. The van der Waals surface area contributed by atoms with Crippen LogP contribution in [0, 0.1) is 17.2 Å². The highest BCUT2D eigenvalue weighted by Gasteiger charge is 2.31. The molecule has 0 bridgehead atoms. The first-order chi connectivity index (χ1) is 15.1. The van der Waals surface area contributed by atoms with Crippen molar-refractivity contribution in [1.29, 1.82) is 0 Å². The van der Waals surface area contributed by atoms with Gasteiger partial charge in [0.15, 0.2) is 0 Å². The molecule has 0 radical (unpaired) electrons. The summed E-state index contributed by atoms with van der Waals surface area (Å²) in [6.45, 7) is 7.08. The van der Waals surface area contributed by atoms with Gasteiger partial charge in [0.2, 0.25) is 5.91 Å². The minimum absolute atomic E-state index is 0.0271. The van der Waals surface area contributed by atoms with Crippen molar-refractivity contribution in [1.82, 2.24) is 15.3 Å². The summed E-state index contributed by atoms with van der Waals surface area (Å²) in [5.74, 6) is 0.456. The summed E-state index contributed by atoms with van der Waals surface area (Å²) >= 11 is 7.39. The molecule has 8 heteroatoms. The molecule has 32 heavy (non-hydrogen) atoms. The Morgan fingerprint density at radius 2 is 2.16 bits per heavy atom. The van der Waals surface area contributed by atoms with E-state index in [9.17, 15) is 14.0 Å². The van der Waals surface area contributed by atoms with Crippen LogP contribution in [0.1, 0.15) is 55.4 Å². The maximum atomic E-state index is 13.2. The molecule has 0 unspecified atom stereocenters. The van der Waals surface area contributed by atoms with Crippen molar-refractivity contribution < 1.29 is 9.18 Å². The van der Waals surface area contributed by atoms with E-state index >= 15 is 0 Å². The number of hydrogen-bond acceptors (Lipinski definition) is 4. The Morgan fingerprint density at radius 1 is 1.38 bits per heavy atom. The van der Waals surface area contributed by atoms with Gasteiger partial charge >= 0.3 is 0 Å². The zero-order valence-electron chi connectivity index (χ0n) is 18.5. The minimum atomic E-state index is -0.489. The third-order valence-electron chi connectivity index (χ3n) is 6.26. The van der Waals surface area contributed by atoms with Crippen molar-refractivity contribution in [3.63, 3.8) is 0 Å². The number of aromatic nitrogens is 2. The van der Waals surface area contributed by atoms with E-state index in [0.717, 1.165) is 40.6 Å². The second-order valence-electron chi connectivity index (χ2n) is 9.53. The van der Waals surface area contributed by atoms with E-state index in [1.807, 2.05) is 0 Å². The fraction of sp³-hybridized carbons (Fsp3) is 0.458. The number of amides is 1. The number of aryl methyl sites for hydroxylation is 2. The van der Waals surface area contributed by atoms with Gasteiger partial charge in [0.25, 0.3) is 5.56 Å². The molecular weight excluding hydrogens is 449 g/mol. The summed E-state index contributed by atoms with van der Waals surface area (Å²) < 4.78 is 13.2. The molecule has 3 aromatic rings. The van der Waals surface area contributed by atoms with Crippen LogP contribution in [0.5, 0.6) is 0 Å². The molecule has 1 amide bonds. The lowest BCUT2D eigenvalue weighted by atomic mass is 9.72. The Balaban J connectivity index is 1.42. The average molecular weight is 476 g/mol. The topological polar surface area (TPSA) is 74.8 Å². The van der Waals surface area contributed by atoms with Crippen LogP contribution in [-0.2, 0) is 30.6 Å². The van der Waals surface area contributed by atoms with E-state index < -0.39 is 5.82 Å². The fourth-order valence-corrected chi connectivity index (χ4v) is 5.78. The number of H-pyrrole nitrogens is 1. The second-order valence-corrected chi connectivity index (χ2v) is 11.0. The zero-order chi connectivity index (χ0) is 23.0. The van der Waals surface area contributed by atoms with E-state index in [4.69, 9.17) is 11.6 Å². The molecule has 0 saturated heterocycles. The zero-order valence-corrected chi connectivity index (χ0v) is 20.1. The van der Waals surface area contributed by atoms with Gasteiger partial charge in [0.1, 0.15) is 16.5 Å². The van der Waals surface area contributed by atoms with E-state index in [1.54, 1.807) is 17.4 Å². The SMILES string of the molecule is CC(C)(C)[C@@H]1CCc2c(sc3nc(CCC(=O)NCc4ccc(F)c(Cl)c4)[nH]c(=O)c23)C1. The summed E-state index contributed by atoms with van der Waals surface area (Å²) in [6.07, 6.45) is 3.53. The summed E-state index contributed by atoms with van der Waals surface area (Å²) in [5, 5.41) is 3.54. The van der Waals surface area contributed by atoms with Gasteiger partial charge in [-0.15, -0.1) is 11.3 Å². The molecule has 2 aromatic heterocycles. The van der Waals surface area contributed by atoms with Crippen LogP contribution < -0.4 is 10.9 Å². The molecule has 2 N–H and O–H groups in total. The maximum absolute atomic E-state index is 13.2. The van der Waals surface area contributed by atoms with E-state index in [-0.39, 0.29) is 34.9 Å². The Labute approximate surface area is 195 Å². The predicted octanol–water partition coefficient (Wildman–Crippen LogP) is 5.18. The number of benzene rings is 1. The average Bonchev–Trinajstić information content (AvgIpc) is 3.10. The largest absolute Gasteiger partial charge is 0.352 e. The Kier molecular flexibility index (Phi) is 6.41. The van der Waals surface area contributed by atoms with Crippen molar-refractivity contribution in [3.8, 4) is 0 Å². The molecule has 0 aliphatic heterocycles. The highest BCUT2D eigenvalue weighted by atomic mass is 35.5. The number of aromatic amines is 1. The lowest BCUT2D eigenvalue weighted by Gasteiger charge is -2.33. The number of carbonyl (C=O) groups is 1. The minimum Gasteiger partial charge on any atom is -0.352 e. The number of hydrogen-bond donors (Lipinski definition) is 2. The number of rotatable bonds is 5. The van der Waals surface area contributed by atoms with E-state index in [0.29, 0.717) is 18.2 Å². The monoisotopic (exact) mass is 475 g/mol. The molecule has 4 rings (SSSR count). The molecule has 0 fully saturated rings. The molecule has 1 aliphatic rings. The normalized spacial score (nSPS) is 16.2. The van der Waals surface area contributed by atoms with Crippen molar-refractivity contribution in [3.05, 3.63) is 61.2 Å². The number of nitrogens with zero attached hydrogens (tertiary/aromatic N) is 1. The van der Waals surface area contributed by atoms with Gasteiger partial charge in [-0.2, -0.15) is 0 Å². The van der Waals surface area contributed by atoms with Gasteiger partial charge in [0, 0.05) is 24.3 Å². The molecule has 0 spiro atoms. The number of halogens is 2. The third kappa shape index (κ3) is 4.89. The summed E-state index contributed by atoms with van der Waals surface area (Å²) in [6, 6.07) is 4.35. The molecule has 1 aromatic carbocycles. The van der Waals surface area contributed by atoms with Gasteiger partial charge in [0.05, 0.1) is 10.4 Å². The number of nitrogens with one attached hydrogen (secondary N) is 2. The number of carbonyl (C=O) groups excluding carboxylic acids is 1. The van der Waals surface area contributed by atoms with E-state index in [2.05, 4.69) is 36.1 Å². The Hall–Kier alpha value is -2.25. The Morgan fingerprint density at radius 3 is 2.88 bits per heavy atom. The van der Waals surface area contributed by atoms with Crippen LogP contribution >= 0.6 is 22.9 Å². The molecule has 5 nitrogen and oxygen atoms in total. The molecule has 2 heterocycles. The van der Waals surface area contributed by atoms with Crippen molar-refractivity contribution in [2.24, 2.45) is 11.3 Å². The molecule has 0 saturated carbocycles. The van der Waals surface area contributed by atoms with Crippen molar-refractivity contribution >= 4 is 39.1 Å². The van der Waals surface area contributed by atoms with Gasteiger partial charge < -0.3 is 10.3 Å². The van der Waals surface area contributed by atoms with Crippen LogP contribution in [-0.4, -0.2) is 15.9 Å². The summed E-state index contributed by atoms with van der Waals surface area (Å²) in [4.78, 5) is 34.6. The third-order valence-corrected chi connectivity index (χ3v) is 7.69. The highest BCUT2D eigenvalue weighted by molar-refractivity contribution is 7.18. The lowest BCUT2D eigenvalue weighted by Crippen LogP contribution is -2.26. The molecule has 1 aliphatic carbocycles. The maximum Gasteiger partial charge on any atom is 0.259 e. The predicted molar refractivity (Wildman–Crippen MR) is 127 cm³/mol. The number of thiophene rings is 1. The van der Waals surface area contributed by atoms with Crippen molar-refractivity contribution in [2.45, 2.75) is 59.4 Å². The van der Waals surface area contributed by atoms with Crippen molar-refractivity contribution in [2.75, 3.05) is 0 Å². The van der Waals surface area contributed by atoms with Gasteiger partial charge in [-0.1, -0.05) is 38.4 Å². The van der Waals surface area contributed by atoms with Crippen LogP contribution in [0.4, 0.5) is 4.39 Å². The van der Waals surface area contributed by atoms with Crippen LogP contribution in [0.3, 0.4) is 0 Å². The van der Waals surface area contributed by atoms with Crippen LogP contribution in [0.15, 0.2) is 23.0 Å². The molecule has 1 atom stereocenters. The van der Waals surface area contributed by atoms with Gasteiger partial charge in [-0.3, -0.25) is 9.59 Å². The molecular formula is C24H27ClFN3O2S. The lowest BCUT2D eigenvalue weighted by molar-refractivity contribution is -0.121. The first-order valence-corrected chi connectivity index (χ1v) is 12.1. The Bertz CT molecular complexity index is 1230.